The fourth-order valence-corrected chi connectivity index (χ4v) is 2.93. The smallest absolute Gasteiger partial charge is 0.278 e. The van der Waals surface area contributed by atoms with Gasteiger partial charge < -0.3 is 5.73 Å². The second kappa shape index (κ2) is 7.30. The molecule has 3 rings (SSSR count). The minimum atomic E-state index is -0.598. The van der Waals surface area contributed by atoms with Gasteiger partial charge in [0, 0.05) is 34.3 Å². The molecule has 0 bridgehead atoms. The number of anilines is 1. The predicted molar refractivity (Wildman–Crippen MR) is 103 cm³/mol. The number of nitro groups is 2. The molecular weight excluding hydrogens is 386 g/mol. The van der Waals surface area contributed by atoms with Crippen molar-refractivity contribution >= 4 is 28.8 Å². The first kappa shape index (κ1) is 18.8. The van der Waals surface area contributed by atoms with Crippen molar-refractivity contribution in [3.05, 3.63) is 79.3 Å². The van der Waals surface area contributed by atoms with E-state index in [1.807, 2.05) is 6.07 Å². The second-order valence-corrected chi connectivity index (χ2v) is 6.03. The molecule has 0 aliphatic rings. The SMILES string of the molecule is N#Cc1c(-c2cc([N+](=O)[O-])ccc2Cl)cc(-c2ccccc2[N+](=O)[O-])nc1N. The summed E-state index contributed by atoms with van der Waals surface area (Å²) in [6.07, 6.45) is 0. The number of nitrogens with two attached hydrogens (primary N) is 1. The van der Waals surface area contributed by atoms with Crippen LogP contribution in [0.4, 0.5) is 17.2 Å². The molecule has 3 aromatic rings. The van der Waals surface area contributed by atoms with Crippen molar-refractivity contribution < 1.29 is 9.85 Å². The Morgan fingerprint density at radius 2 is 1.71 bits per heavy atom. The molecule has 0 aliphatic heterocycles. The number of nitrogen functional groups attached to an aromatic ring is 1. The Hall–Kier alpha value is -4.03. The van der Waals surface area contributed by atoms with Gasteiger partial charge in [0.2, 0.25) is 0 Å². The fourth-order valence-electron chi connectivity index (χ4n) is 2.72. The van der Waals surface area contributed by atoms with Gasteiger partial charge in [-0.2, -0.15) is 5.26 Å². The third-order valence-electron chi connectivity index (χ3n) is 3.99. The van der Waals surface area contributed by atoms with Gasteiger partial charge in [-0.1, -0.05) is 23.7 Å². The van der Waals surface area contributed by atoms with E-state index in [2.05, 4.69) is 4.98 Å². The minimum absolute atomic E-state index is 0.0373. The molecule has 1 aromatic heterocycles. The zero-order valence-corrected chi connectivity index (χ0v) is 14.8. The lowest BCUT2D eigenvalue weighted by Crippen LogP contribution is -2.01. The second-order valence-electron chi connectivity index (χ2n) is 5.62. The summed E-state index contributed by atoms with van der Waals surface area (Å²) in [7, 11) is 0. The van der Waals surface area contributed by atoms with Crippen molar-refractivity contribution in [1.82, 2.24) is 4.98 Å². The summed E-state index contributed by atoms with van der Waals surface area (Å²) in [6, 6.07) is 13.0. The molecule has 0 atom stereocenters. The lowest BCUT2D eigenvalue weighted by atomic mass is 9.97. The molecule has 0 fully saturated rings. The molecule has 0 amide bonds. The summed E-state index contributed by atoms with van der Waals surface area (Å²) in [6.45, 7) is 0. The van der Waals surface area contributed by atoms with Gasteiger partial charge in [0.25, 0.3) is 11.4 Å². The number of halogens is 1. The number of nitrogens with zero attached hydrogens (tertiary/aromatic N) is 4. The van der Waals surface area contributed by atoms with Gasteiger partial charge in [0.15, 0.2) is 0 Å². The van der Waals surface area contributed by atoms with Crippen LogP contribution in [-0.4, -0.2) is 14.8 Å². The molecule has 9 nitrogen and oxygen atoms in total. The average molecular weight is 396 g/mol. The van der Waals surface area contributed by atoms with Gasteiger partial charge in [-0.05, 0) is 18.2 Å². The monoisotopic (exact) mass is 395 g/mol. The Balaban J connectivity index is 2.33. The molecule has 10 heteroatoms. The van der Waals surface area contributed by atoms with Crippen LogP contribution in [0, 0.1) is 31.6 Å². The van der Waals surface area contributed by atoms with Crippen LogP contribution in [0.5, 0.6) is 0 Å². The molecule has 0 spiro atoms. The van der Waals surface area contributed by atoms with Crippen LogP contribution in [0.3, 0.4) is 0 Å². The molecule has 28 heavy (non-hydrogen) atoms. The summed E-state index contributed by atoms with van der Waals surface area (Å²) in [5.41, 5.74) is 6.15. The maximum atomic E-state index is 11.3. The highest BCUT2D eigenvalue weighted by Crippen LogP contribution is 2.38. The zero-order valence-electron chi connectivity index (χ0n) is 14.0. The highest BCUT2D eigenvalue weighted by atomic mass is 35.5. The molecule has 2 N–H and O–H groups in total. The lowest BCUT2D eigenvalue weighted by Gasteiger charge is -2.11. The van der Waals surface area contributed by atoms with Gasteiger partial charge in [-0.15, -0.1) is 0 Å². The summed E-state index contributed by atoms with van der Waals surface area (Å²) in [4.78, 5) is 25.4. The summed E-state index contributed by atoms with van der Waals surface area (Å²) in [5.74, 6) is -0.171. The van der Waals surface area contributed by atoms with Crippen molar-refractivity contribution in [2.75, 3.05) is 5.73 Å². The number of aromatic nitrogens is 1. The largest absolute Gasteiger partial charge is 0.383 e. The Morgan fingerprint density at radius 3 is 2.36 bits per heavy atom. The Morgan fingerprint density at radius 1 is 1.00 bits per heavy atom. The number of hydrogen-bond donors (Lipinski definition) is 1. The summed E-state index contributed by atoms with van der Waals surface area (Å²) >= 11 is 6.20. The maximum Gasteiger partial charge on any atom is 0.278 e. The van der Waals surface area contributed by atoms with E-state index in [0.29, 0.717) is 0 Å². The van der Waals surface area contributed by atoms with Crippen LogP contribution >= 0.6 is 11.6 Å². The highest BCUT2D eigenvalue weighted by Gasteiger charge is 2.21. The molecule has 0 radical (unpaired) electrons. The number of rotatable bonds is 4. The Labute approximate surface area is 162 Å². The van der Waals surface area contributed by atoms with E-state index in [4.69, 9.17) is 17.3 Å². The quantitative estimate of drug-likeness (QED) is 0.509. The van der Waals surface area contributed by atoms with E-state index in [9.17, 15) is 25.5 Å². The first-order valence-electron chi connectivity index (χ1n) is 7.72. The molecule has 2 aromatic carbocycles. The van der Waals surface area contributed by atoms with E-state index in [-0.39, 0.29) is 50.2 Å². The van der Waals surface area contributed by atoms with Gasteiger partial charge in [-0.3, -0.25) is 20.2 Å². The lowest BCUT2D eigenvalue weighted by molar-refractivity contribution is -0.384. The van der Waals surface area contributed by atoms with Gasteiger partial charge in [0.1, 0.15) is 17.5 Å². The van der Waals surface area contributed by atoms with Crippen LogP contribution in [-0.2, 0) is 0 Å². The van der Waals surface area contributed by atoms with Crippen LogP contribution in [0.25, 0.3) is 22.4 Å². The van der Waals surface area contributed by atoms with Gasteiger partial charge in [0.05, 0.1) is 21.1 Å². The van der Waals surface area contributed by atoms with E-state index in [1.54, 1.807) is 6.07 Å². The van der Waals surface area contributed by atoms with E-state index < -0.39 is 9.85 Å². The first-order valence-corrected chi connectivity index (χ1v) is 8.10. The van der Waals surface area contributed by atoms with E-state index >= 15 is 0 Å². The van der Waals surface area contributed by atoms with Crippen molar-refractivity contribution in [2.45, 2.75) is 0 Å². The Kier molecular flexibility index (Phi) is 4.89. The van der Waals surface area contributed by atoms with Crippen LogP contribution in [0.15, 0.2) is 48.5 Å². The van der Waals surface area contributed by atoms with Crippen LogP contribution in [0.1, 0.15) is 5.56 Å². The molecule has 0 saturated heterocycles. The minimum Gasteiger partial charge on any atom is -0.383 e. The number of benzene rings is 2. The first-order chi connectivity index (χ1) is 13.3. The van der Waals surface area contributed by atoms with Gasteiger partial charge >= 0.3 is 0 Å². The van der Waals surface area contributed by atoms with Crippen molar-refractivity contribution in [1.29, 1.82) is 5.26 Å². The van der Waals surface area contributed by atoms with E-state index in [0.717, 1.165) is 0 Å². The molecular formula is C18H10ClN5O4. The third-order valence-corrected chi connectivity index (χ3v) is 4.32. The van der Waals surface area contributed by atoms with Crippen molar-refractivity contribution in [3.8, 4) is 28.5 Å². The molecule has 138 valence electrons. The number of non-ortho nitro benzene ring substituents is 1. The van der Waals surface area contributed by atoms with E-state index in [1.165, 1.54) is 42.5 Å². The van der Waals surface area contributed by atoms with Crippen molar-refractivity contribution in [2.24, 2.45) is 0 Å². The normalized spacial score (nSPS) is 10.3. The molecule has 0 saturated carbocycles. The fraction of sp³-hybridized carbons (Fsp3) is 0. The maximum absolute atomic E-state index is 11.3. The van der Waals surface area contributed by atoms with Gasteiger partial charge in [-0.25, -0.2) is 4.98 Å². The molecule has 1 heterocycles. The number of pyridine rings is 1. The predicted octanol–water partition coefficient (Wildman–Crippen LogP) is 4.34. The highest BCUT2D eigenvalue weighted by molar-refractivity contribution is 6.33. The molecule has 0 unspecified atom stereocenters. The number of nitro benzene ring substituents is 2. The average Bonchev–Trinajstić information content (AvgIpc) is 2.67. The summed E-state index contributed by atoms with van der Waals surface area (Å²) < 4.78 is 0. The van der Waals surface area contributed by atoms with Crippen LogP contribution < -0.4 is 5.73 Å². The number of para-hydroxylation sites is 1. The molecule has 0 aliphatic carbocycles. The number of nitriles is 1. The third kappa shape index (κ3) is 3.32. The zero-order chi connectivity index (χ0) is 20.4. The topological polar surface area (TPSA) is 149 Å². The van der Waals surface area contributed by atoms with Crippen LogP contribution in [0.2, 0.25) is 5.02 Å². The summed E-state index contributed by atoms with van der Waals surface area (Å²) in [5, 5.41) is 32.1. The van der Waals surface area contributed by atoms with Crippen molar-refractivity contribution in [3.63, 3.8) is 0 Å². The Bertz CT molecular complexity index is 1170. The standard InChI is InChI=1S/C18H10ClN5O4/c19-15-6-5-10(23(25)26)7-13(15)12-8-16(22-18(21)14(12)9-20)11-3-1-2-4-17(11)24(27)28/h1-8H,(H2,21,22). The number of hydrogen-bond acceptors (Lipinski definition) is 7.